The Morgan fingerprint density at radius 3 is 2.64 bits per heavy atom. The van der Waals surface area contributed by atoms with E-state index in [4.69, 9.17) is 4.42 Å². The molecule has 2 aliphatic rings. The highest BCUT2D eigenvalue weighted by Crippen LogP contribution is 2.33. The zero-order chi connectivity index (χ0) is 19.4. The number of rotatable bonds is 3. The first-order valence-corrected chi connectivity index (χ1v) is 9.65. The monoisotopic (exact) mass is 381 g/mol. The van der Waals surface area contributed by atoms with E-state index in [2.05, 4.69) is 27.5 Å². The second-order valence-corrected chi connectivity index (χ2v) is 7.91. The van der Waals surface area contributed by atoms with E-state index in [1.807, 2.05) is 12.1 Å². The van der Waals surface area contributed by atoms with Crippen molar-refractivity contribution >= 4 is 16.9 Å². The van der Waals surface area contributed by atoms with Gasteiger partial charge in [-0.1, -0.05) is 0 Å². The Labute approximate surface area is 161 Å². The van der Waals surface area contributed by atoms with Crippen LogP contribution in [0.3, 0.4) is 0 Å². The molecule has 8 heteroatoms. The molecule has 1 aromatic carbocycles. The SMILES string of the molecule is CN(c1ccc(-c2cc3oc(=O)n(C)c3cc2O)nn1)[C@H]1CC2CC[C@H](C1)N2. The van der Waals surface area contributed by atoms with Crippen LogP contribution in [0.4, 0.5) is 5.82 Å². The second-order valence-electron chi connectivity index (χ2n) is 7.91. The van der Waals surface area contributed by atoms with Crippen LogP contribution in [0, 0.1) is 0 Å². The number of aromatic hydroxyl groups is 1. The van der Waals surface area contributed by atoms with Gasteiger partial charge in [-0.05, 0) is 43.9 Å². The minimum Gasteiger partial charge on any atom is -0.507 e. The molecule has 1 unspecified atom stereocenters. The van der Waals surface area contributed by atoms with Gasteiger partial charge in [0.05, 0.1) is 11.2 Å². The van der Waals surface area contributed by atoms with Crippen molar-refractivity contribution in [3.63, 3.8) is 0 Å². The fourth-order valence-electron chi connectivity index (χ4n) is 4.55. The van der Waals surface area contributed by atoms with Crippen molar-refractivity contribution in [1.82, 2.24) is 20.1 Å². The molecule has 3 atom stereocenters. The van der Waals surface area contributed by atoms with Crippen molar-refractivity contribution in [3.05, 3.63) is 34.8 Å². The van der Waals surface area contributed by atoms with Gasteiger partial charge in [0.25, 0.3) is 0 Å². The fourth-order valence-corrected chi connectivity index (χ4v) is 4.55. The van der Waals surface area contributed by atoms with Crippen LogP contribution >= 0.6 is 0 Å². The van der Waals surface area contributed by atoms with Gasteiger partial charge >= 0.3 is 5.76 Å². The Balaban J connectivity index is 1.42. The third-order valence-electron chi connectivity index (χ3n) is 6.19. The molecule has 0 amide bonds. The molecule has 2 bridgehead atoms. The minimum atomic E-state index is -0.467. The van der Waals surface area contributed by atoms with Gasteiger partial charge in [-0.2, -0.15) is 0 Å². The summed E-state index contributed by atoms with van der Waals surface area (Å²) in [5.74, 6) is 0.390. The molecule has 2 N–H and O–H groups in total. The molecule has 3 aromatic rings. The number of benzene rings is 1. The van der Waals surface area contributed by atoms with Crippen LogP contribution in [0.2, 0.25) is 0 Å². The molecule has 2 saturated heterocycles. The number of aryl methyl sites for hydroxylation is 1. The Morgan fingerprint density at radius 1 is 1.21 bits per heavy atom. The first-order chi connectivity index (χ1) is 13.5. The van der Waals surface area contributed by atoms with Gasteiger partial charge in [-0.3, -0.25) is 4.57 Å². The lowest BCUT2D eigenvalue weighted by Crippen LogP contribution is -2.47. The van der Waals surface area contributed by atoms with Gasteiger partial charge in [-0.25, -0.2) is 4.79 Å². The Hall–Kier alpha value is -2.87. The van der Waals surface area contributed by atoms with E-state index < -0.39 is 5.76 Å². The van der Waals surface area contributed by atoms with E-state index in [1.165, 1.54) is 23.5 Å². The molecular weight excluding hydrogens is 358 g/mol. The van der Waals surface area contributed by atoms with E-state index in [-0.39, 0.29) is 5.75 Å². The lowest BCUT2D eigenvalue weighted by Gasteiger charge is -2.36. The number of hydrogen-bond acceptors (Lipinski definition) is 7. The molecular formula is C20H23N5O3. The van der Waals surface area contributed by atoms with Gasteiger partial charge in [0.2, 0.25) is 0 Å². The average molecular weight is 381 g/mol. The molecule has 2 aromatic heterocycles. The first-order valence-electron chi connectivity index (χ1n) is 9.65. The van der Waals surface area contributed by atoms with Crippen LogP contribution in [-0.2, 0) is 7.05 Å². The normalized spacial score (nSPS) is 24.0. The summed E-state index contributed by atoms with van der Waals surface area (Å²) in [4.78, 5) is 13.9. The van der Waals surface area contributed by atoms with Crippen LogP contribution in [0.25, 0.3) is 22.4 Å². The van der Waals surface area contributed by atoms with Gasteiger partial charge in [0.15, 0.2) is 11.4 Å². The summed E-state index contributed by atoms with van der Waals surface area (Å²) in [6, 6.07) is 8.60. The number of nitrogens with zero attached hydrogens (tertiary/aromatic N) is 4. The van der Waals surface area contributed by atoms with Crippen LogP contribution in [-0.4, -0.2) is 45.0 Å². The van der Waals surface area contributed by atoms with Crippen LogP contribution in [0.15, 0.2) is 33.5 Å². The maximum absolute atomic E-state index is 11.7. The van der Waals surface area contributed by atoms with Gasteiger partial charge in [0, 0.05) is 43.9 Å². The van der Waals surface area contributed by atoms with Crippen molar-refractivity contribution < 1.29 is 9.52 Å². The average Bonchev–Trinajstić information content (AvgIpc) is 3.18. The van der Waals surface area contributed by atoms with Gasteiger partial charge in [0.1, 0.15) is 5.75 Å². The number of phenols is 1. The highest BCUT2D eigenvalue weighted by atomic mass is 16.4. The Kier molecular flexibility index (Phi) is 3.90. The number of anilines is 1. The molecule has 28 heavy (non-hydrogen) atoms. The molecule has 2 fully saturated rings. The smallest absolute Gasteiger partial charge is 0.419 e. The van der Waals surface area contributed by atoms with E-state index in [0.29, 0.717) is 40.5 Å². The first kappa shape index (κ1) is 17.2. The molecule has 146 valence electrons. The van der Waals surface area contributed by atoms with Crippen molar-refractivity contribution in [1.29, 1.82) is 0 Å². The Morgan fingerprint density at radius 2 is 1.96 bits per heavy atom. The van der Waals surface area contributed by atoms with Crippen LogP contribution in [0.5, 0.6) is 5.75 Å². The Bertz CT molecular complexity index is 1080. The number of piperidine rings is 1. The molecule has 0 radical (unpaired) electrons. The number of fused-ring (bicyclic) bond motifs is 3. The summed E-state index contributed by atoms with van der Waals surface area (Å²) < 4.78 is 6.57. The lowest BCUT2D eigenvalue weighted by molar-refractivity contribution is 0.353. The van der Waals surface area contributed by atoms with Crippen molar-refractivity contribution in [3.8, 4) is 17.0 Å². The van der Waals surface area contributed by atoms with E-state index >= 15 is 0 Å². The molecule has 0 saturated carbocycles. The number of phenolic OH excluding ortho intramolecular Hbond substituents is 1. The van der Waals surface area contributed by atoms with Crippen molar-refractivity contribution in [2.75, 3.05) is 11.9 Å². The summed E-state index contributed by atoms with van der Waals surface area (Å²) in [6.07, 6.45) is 4.77. The predicted octanol–water partition coefficient (Wildman–Crippen LogP) is 2.01. The number of hydrogen-bond donors (Lipinski definition) is 2. The zero-order valence-corrected chi connectivity index (χ0v) is 15.9. The van der Waals surface area contributed by atoms with Gasteiger partial charge in [-0.15, -0.1) is 10.2 Å². The summed E-state index contributed by atoms with van der Waals surface area (Å²) in [5.41, 5.74) is 1.97. The predicted molar refractivity (Wildman–Crippen MR) is 106 cm³/mol. The summed E-state index contributed by atoms with van der Waals surface area (Å²) in [6.45, 7) is 0. The van der Waals surface area contributed by atoms with E-state index in [9.17, 15) is 9.90 Å². The van der Waals surface area contributed by atoms with Crippen LogP contribution < -0.4 is 16.0 Å². The topological polar surface area (TPSA) is 96.4 Å². The number of nitrogens with one attached hydrogen (secondary N) is 1. The maximum atomic E-state index is 11.7. The third kappa shape index (κ3) is 2.75. The zero-order valence-electron chi connectivity index (χ0n) is 15.9. The summed E-state index contributed by atoms with van der Waals surface area (Å²) >= 11 is 0. The molecule has 2 aliphatic heterocycles. The summed E-state index contributed by atoms with van der Waals surface area (Å²) in [7, 11) is 3.67. The number of aromatic nitrogens is 3. The second kappa shape index (κ2) is 6.34. The standard InChI is InChI=1S/C20H23N5O3/c1-24(13-7-11-3-4-12(8-13)21-11)19-6-5-15(22-23-19)14-9-18-16(10-17(14)26)25(2)20(27)28-18/h5-6,9-13,21,26H,3-4,7-8H2,1-2H3/t11-,12?,13-/m1/s1. The minimum absolute atomic E-state index is 0.0363. The van der Waals surface area contributed by atoms with Gasteiger partial charge < -0.3 is 19.7 Å². The molecule has 0 spiro atoms. The highest BCUT2D eigenvalue weighted by molar-refractivity contribution is 5.83. The van der Waals surface area contributed by atoms with E-state index in [0.717, 1.165) is 18.7 Å². The summed E-state index contributed by atoms with van der Waals surface area (Å²) in [5, 5.41) is 22.8. The fraction of sp³-hybridized carbons (Fsp3) is 0.450. The lowest BCUT2D eigenvalue weighted by atomic mass is 9.98. The van der Waals surface area contributed by atoms with Crippen molar-refractivity contribution in [2.24, 2.45) is 7.05 Å². The maximum Gasteiger partial charge on any atom is 0.419 e. The highest BCUT2D eigenvalue weighted by Gasteiger charge is 2.35. The quantitative estimate of drug-likeness (QED) is 0.716. The third-order valence-corrected chi connectivity index (χ3v) is 6.19. The van der Waals surface area contributed by atoms with Crippen LogP contribution in [0.1, 0.15) is 25.7 Å². The van der Waals surface area contributed by atoms with E-state index in [1.54, 1.807) is 13.1 Å². The molecule has 8 nitrogen and oxygen atoms in total. The van der Waals surface area contributed by atoms with Crippen molar-refractivity contribution in [2.45, 2.75) is 43.8 Å². The number of oxazole rings is 1. The molecule has 5 rings (SSSR count). The molecule has 0 aliphatic carbocycles. The molecule has 4 heterocycles. The largest absolute Gasteiger partial charge is 0.507 e.